The van der Waals surface area contributed by atoms with Gasteiger partial charge in [0.2, 0.25) is 0 Å². The van der Waals surface area contributed by atoms with Crippen LogP contribution in [0.2, 0.25) is 0 Å². The van der Waals surface area contributed by atoms with E-state index in [2.05, 4.69) is 19.6 Å². The van der Waals surface area contributed by atoms with Crippen molar-refractivity contribution in [3.63, 3.8) is 0 Å². The van der Waals surface area contributed by atoms with Crippen LogP contribution in [0.3, 0.4) is 0 Å². The molecule has 0 saturated heterocycles. The lowest BCUT2D eigenvalue weighted by Gasteiger charge is -2.15. The number of aromatic nitrogens is 3. The minimum Gasteiger partial charge on any atom is -0.506 e. The van der Waals surface area contributed by atoms with Gasteiger partial charge >= 0.3 is 5.76 Å². The van der Waals surface area contributed by atoms with E-state index in [9.17, 15) is 9.90 Å². The van der Waals surface area contributed by atoms with Crippen molar-refractivity contribution in [3.8, 4) is 28.5 Å². The summed E-state index contributed by atoms with van der Waals surface area (Å²) in [6.45, 7) is 7.29. The highest BCUT2D eigenvalue weighted by Crippen LogP contribution is 2.32. The zero-order valence-corrected chi connectivity index (χ0v) is 19.9. The average molecular weight is 480 g/mol. The second kappa shape index (κ2) is 10.0. The Morgan fingerprint density at radius 2 is 1.97 bits per heavy atom. The molecular formula is C26H26FN3O5. The predicted octanol–water partition coefficient (Wildman–Crippen LogP) is 4.84. The molecule has 35 heavy (non-hydrogen) atoms. The Labute approximate surface area is 201 Å². The maximum atomic E-state index is 15.1. The third-order valence-corrected chi connectivity index (χ3v) is 5.44. The molecule has 2 N–H and O–H groups in total. The van der Waals surface area contributed by atoms with Gasteiger partial charge in [0.25, 0.3) is 0 Å². The van der Waals surface area contributed by atoms with Crippen molar-refractivity contribution in [2.24, 2.45) is 0 Å². The molecule has 0 fully saturated rings. The number of aryl methyl sites for hydroxylation is 1. The first kappa shape index (κ1) is 24.0. The van der Waals surface area contributed by atoms with E-state index in [1.165, 1.54) is 0 Å². The Kier molecular flexibility index (Phi) is 6.86. The second-order valence-electron chi connectivity index (χ2n) is 8.48. The monoisotopic (exact) mass is 479 g/mol. The zero-order valence-electron chi connectivity index (χ0n) is 19.9. The minimum atomic E-state index is -0.702. The molecule has 8 nitrogen and oxygen atoms in total. The quantitative estimate of drug-likeness (QED) is 0.372. The van der Waals surface area contributed by atoms with Crippen molar-refractivity contribution in [2.45, 2.75) is 46.8 Å². The summed E-state index contributed by atoms with van der Waals surface area (Å²) in [5, 5.41) is 14.0. The number of H-pyrrole nitrogens is 1. The Morgan fingerprint density at radius 1 is 1.17 bits per heavy atom. The third-order valence-electron chi connectivity index (χ3n) is 5.44. The Bertz CT molecular complexity index is 1410. The summed E-state index contributed by atoms with van der Waals surface area (Å²) in [6, 6.07) is 12.3. The lowest BCUT2D eigenvalue weighted by atomic mass is 9.97. The molecule has 0 aliphatic carbocycles. The van der Waals surface area contributed by atoms with Gasteiger partial charge in [-0.2, -0.15) is 0 Å². The van der Waals surface area contributed by atoms with Crippen LogP contribution in [0.25, 0.3) is 11.3 Å². The van der Waals surface area contributed by atoms with E-state index in [4.69, 9.17) is 9.47 Å². The first-order valence-corrected chi connectivity index (χ1v) is 11.1. The number of aromatic amines is 1. The number of benzene rings is 2. The molecule has 0 unspecified atom stereocenters. The molecule has 0 saturated carbocycles. The van der Waals surface area contributed by atoms with Gasteiger partial charge in [0.05, 0.1) is 6.10 Å². The summed E-state index contributed by atoms with van der Waals surface area (Å²) < 4.78 is 30.8. The molecule has 182 valence electrons. The van der Waals surface area contributed by atoms with Crippen LogP contribution in [0.5, 0.6) is 17.2 Å². The van der Waals surface area contributed by atoms with Crippen LogP contribution in [-0.2, 0) is 13.0 Å². The number of halogens is 1. The highest BCUT2D eigenvalue weighted by Gasteiger charge is 2.17. The van der Waals surface area contributed by atoms with E-state index in [0.29, 0.717) is 29.1 Å². The first-order valence-electron chi connectivity index (χ1n) is 11.1. The number of nitrogens with zero attached hydrogens (tertiary/aromatic N) is 2. The van der Waals surface area contributed by atoms with Crippen molar-refractivity contribution < 1.29 is 23.5 Å². The molecule has 0 aliphatic heterocycles. The first-order chi connectivity index (χ1) is 16.7. The summed E-state index contributed by atoms with van der Waals surface area (Å²) in [4.78, 5) is 18.1. The highest BCUT2D eigenvalue weighted by atomic mass is 19.1. The molecule has 4 aromatic rings. The number of aromatic hydroxyl groups is 1. The van der Waals surface area contributed by atoms with E-state index < -0.39 is 11.6 Å². The van der Waals surface area contributed by atoms with Gasteiger partial charge in [-0.3, -0.25) is 9.51 Å². The third kappa shape index (κ3) is 5.51. The van der Waals surface area contributed by atoms with Crippen molar-refractivity contribution in [1.82, 2.24) is 15.1 Å². The summed E-state index contributed by atoms with van der Waals surface area (Å²) in [5.41, 5.74) is 3.83. The predicted molar refractivity (Wildman–Crippen MR) is 127 cm³/mol. The molecule has 0 atom stereocenters. The average Bonchev–Trinajstić information content (AvgIpc) is 3.24. The zero-order chi connectivity index (χ0) is 25.1. The molecule has 0 amide bonds. The molecular weight excluding hydrogens is 453 g/mol. The Hall–Kier alpha value is -4.14. The summed E-state index contributed by atoms with van der Waals surface area (Å²) >= 11 is 0. The van der Waals surface area contributed by atoms with Crippen molar-refractivity contribution in [2.75, 3.05) is 0 Å². The maximum absolute atomic E-state index is 15.1. The smallest absolute Gasteiger partial charge is 0.439 e. The molecule has 2 aromatic heterocycles. The van der Waals surface area contributed by atoms with Gasteiger partial charge in [-0.05, 0) is 74.7 Å². The number of hydrogen-bond donors (Lipinski definition) is 2. The standard InChI is InChI=1S/C26H26FN3O5/c1-14(2)34-19-7-5-6-17(11-19)25-21(31)9-8-18(28-25)12-20-15(3)10-22(24(27)16(20)4)33-13-23-29-26(32)35-30-23/h5-11,14,31H,12-13H2,1-4H3,(H,29,30,32). The van der Waals surface area contributed by atoms with Gasteiger partial charge in [0.15, 0.2) is 17.4 Å². The van der Waals surface area contributed by atoms with E-state index in [-0.39, 0.29) is 30.0 Å². The van der Waals surface area contributed by atoms with Crippen LogP contribution in [0.15, 0.2) is 51.8 Å². The fraction of sp³-hybridized carbons (Fsp3) is 0.269. The lowest BCUT2D eigenvalue weighted by Crippen LogP contribution is -2.06. The molecule has 4 rings (SSSR count). The van der Waals surface area contributed by atoms with Crippen molar-refractivity contribution in [1.29, 1.82) is 0 Å². The summed E-state index contributed by atoms with van der Waals surface area (Å²) in [7, 11) is 0. The van der Waals surface area contributed by atoms with Crippen LogP contribution in [0, 0.1) is 19.7 Å². The number of nitrogens with one attached hydrogen (secondary N) is 1. The number of ether oxygens (including phenoxy) is 2. The molecule has 0 aliphatic rings. The summed E-state index contributed by atoms with van der Waals surface area (Å²) in [6.07, 6.45) is 0.380. The van der Waals surface area contributed by atoms with E-state index in [0.717, 1.165) is 16.7 Å². The molecule has 0 radical (unpaired) electrons. The molecule has 2 heterocycles. The molecule has 9 heteroatoms. The van der Waals surface area contributed by atoms with E-state index in [1.54, 1.807) is 25.1 Å². The minimum absolute atomic E-state index is 0.0178. The van der Waals surface area contributed by atoms with Gasteiger partial charge < -0.3 is 14.6 Å². The van der Waals surface area contributed by atoms with Crippen molar-refractivity contribution >= 4 is 0 Å². The van der Waals surface area contributed by atoms with Gasteiger partial charge in [-0.25, -0.2) is 14.2 Å². The fourth-order valence-electron chi connectivity index (χ4n) is 3.78. The number of pyridine rings is 1. The normalized spacial score (nSPS) is 11.1. The molecule has 0 bridgehead atoms. The Morgan fingerprint density at radius 3 is 2.69 bits per heavy atom. The lowest BCUT2D eigenvalue weighted by molar-refractivity contribution is 0.242. The van der Waals surface area contributed by atoms with Gasteiger partial charge in [-0.15, -0.1) is 0 Å². The topological polar surface area (TPSA) is 110 Å². The number of rotatable bonds is 8. The van der Waals surface area contributed by atoms with Crippen LogP contribution < -0.4 is 15.2 Å². The van der Waals surface area contributed by atoms with E-state index in [1.807, 2.05) is 45.0 Å². The van der Waals surface area contributed by atoms with Crippen LogP contribution in [-0.4, -0.2) is 26.3 Å². The van der Waals surface area contributed by atoms with Gasteiger partial charge in [0.1, 0.15) is 23.8 Å². The van der Waals surface area contributed by atoms with Crippen LogP contribution >= 0.6 is 0 Å². The molecule has 2 aromatic carbocycles. The Balaban J connectivity index is 1.59. The van der Waals surface area contributed by atoms with Gasteiger partial charge in [0, 0.05) is 17.7 Å². The van der Waals surface area contributed by atoms with Crippen LogP contribution in [0.4, 0.5) is 4.39 Å². The fourth-order valence-corrected chi connectivity index (χ4v) is 3.78. The maximum Gasteiger partial charge on any atom is 0.439 e. The summed E-state index contributed by atoms with van der Waals surface area (Å²) in [5.74, 6) is -0.264. The highest BCUT2D eigenvalue weighted by molar-refractivity contribution is 5.67. The van der Waals surface area contributed by atoms with E-state index >= 15 is 4.39 Å². The van der Waals surface area contributed by atoms with Crippen molar-refractivity contribution in [3.05, 3.63) is 87.0 Å². The van der Waals surface area contributed by atoms with Crippen LogP contribution in [0.1, 0.15) is 42.1 Å². The number of hydrogen-bond acceptors (Lipinski definition) is 7. The van der Waals surface area contributed by atoms with Gasteiger partial charge in [-0.1, -0.05) is 17.3 Å². The SMILES string of the molecule is Cc1cc(OCc2noc(=O)[nH]2)c(F)c(C)c1Cc1ccc(O)c(-c2cccc(OC(C)C)c2)n1. The second-order valence-corrected chi connectivity index (χ2v) is 8.48. The molecule has 0 spiro atoms. The largest absolute Gasteiger partial charge is 0.506 e.